The van der Waals surface area contributed by atoms with E-state index in [1.54, 1.807) is 6.92 Å². The Hall–Kier alpha value is -3.17. The smallest absolute Gasteiger partial charge is 0.416 e. The fourth-order valence-corrected chi connectivity index (χ4v) is 3.23. The molecule has 0 unspecified atom stereocenters. The molecule has 2 heterocycles. The van der Waals surface area contributed by atoms with Gasteiger partial charge < -0.3 is 9.26 Å². The van der Waals surface area contributed by atoms with E-state index < -0.39 is 17.7 Å². The molecule has 0 radical (unpaired) electrons. The standard InChI is InChI=1S/C18H15F3N4O3/c1-10-22-15(24-28-10)9-27-17(26)16-13-6-3-7-14(13)25(23-16)12-5-2-4-11(8-12)18(19,20)21/h2,4-5,8H,3,6-7,9H2,1H3. The molecule has 0 saturated heterocycles. The molecule has 10 heteroatoms. The molecule has 2 aromatic heterocycles. The van der Waals surface area contributed by atoms with Crippen molar-refractivity contribution in [1.29, 1.82) is 0 Å². The first-order chi connectivity index (χ1) is 13.3. The summed E-state index contributed by atoms with van der Waals surface area (Å²) in [5, 5.41) is 7.90. The lowest BCUT2D eigenvalue weighted by atomic mass is 10.2. The highest BCUT2D eigenvalue weighted by Gasteiger charge is 2.32. The largest absolute Gasteiger partial charge is 0.453 e. The summed E-state index contributed by atoms with van der Waals surface area (Å²) in [6, 6.07) is 4.86. The lowest BCUT2D eigenvalue weighted by Gasteiger charge is -2.10. The van der Waals surface area contributed by atoms with Gasteiger partial charge in [-0.05, 0) is 37.5 Å². The second-order valence-electron chi connectivity index (χ2n) is 6.39. The van der Waals surface area contributed by atoms with Crippen molar-refractivity contribution in [3.63, 3.8) is 0 Å². The zero-order valence-electron chi connectivity index (χ0n) is 14.8. The van der Waals surface area contributed by atoms with Crippen molar-refractivity contribution in [2.75, 3.05) is 0 Å². The molecule has 0 N–H and O–H groups in total. The summed E-state index contributed by atoms with van der Waals surface area (Å²) in [4.78, 5) is 16.4. The van der Waals surface area contributed by atoms with E-state index in [0.717, 1.165) is 24.2 Å². The number of nitrogens with zero attached hydrogens (tertiary/aromatic N) is 4. The number of rotatable bonds is 4. The maximum absolute atomic E-state index is 13.0. The summed E-state index contributed by atoms with van der Waals surface area (Å²) >= 11 is 0. The Bertz CT molecular complexity index is 1040. The number of carbonyl (C=O) groups is 1. The normalized spacial score (nSPS) is 13.6. The van der Waals surface area contributed by atoms with Gasteiger partial charge in [0.25, 0.3) is 0 Å². The molecule has 0 fully saturated rings. The average Bonchev–Trinajstić information content (AvgIpc) is 3.35. The monoisotopic (exact) mass is 392 g/mol. The summed E-state index contributed by atoms with van der Waals surface area (Å²) < 4.78 is 50.5. The third kappa shape index (κ3) is 3.37. The van der Waals surface area contributed by atoms with Crippen molar-refractivity contribution < 1.29 is 27.2 Å². The third-order valence-electron chi connectivity index (χ3n) is 4.44. The molecule has 1 aliphatic carbocycles. The van der Waals surface area contributed by atoms with E-state index in [1.165, 1.54) is 16.8 Å². The Morgan fingerprint density at radius 3 is 2.86 bits per heavy atom. The highest BCUT2D eigenvalue weighted by Crippen LogP contribution is 2.32. The van der Waals surface area contributed by atoms with Gasteiger partial charge in [0, 0.05) is 18.2 Å². The van der Waals surface area contributed by atoms with Gasteiger partial charge in [-0.3, -0.25) is 0 Å². The molecule has 0 aliphatic heterocycles. The van der Waals surface area contributed by atoms with Gasteiger partial charge in [0.15, 0.2) is 12.3 Å². The van der Waals surface area contributed by atoms with Crippen molar-refractivity contribution in [3.8, 4) is 5.69 Å². The van der Waals surface area contributed by atoms with Crippen LogP contribution in [0.25, 0.3) is 5.69 Å². The predicted molar refractivity (Wildman–Crippen MR) is 88.7 cm³/mol. The van der Waals surface area contributed by atoms with Crippen molar-refractivity contribution >= 4 is 5.97 Å². The number of carbonyl (C=O) groups excluding carboxylic acids is 1. The summed E-state index contributed by atoms with van der Waals surface area (Å²) in [5.41, 5.74) is 1.00. The number of benzene rings is 1. The number of halogens is 3. The van der Waals surface area contributed by atoms with Gasteiger partial charge in [-0.15, -0.1) is 0 Å². The molecule has 1 aliphatic rings. The number of alkyl halides is 3. The summed E-state index contributed by atoms with van der Waals surface area (Å²) in [7, 11) is 0. The minimum Gasteiger partial charge on any atom is -0.453 e. The molecule has 146 valence electrons. The molecule has 7 nitrogen and oxygen atoms in total. The molecule has 1 aromatic carbocycles. The van der Waals surface area contributed by atoms with Crippen LogP contribution in [-0.2, 0) is 30.4 Å². The van der Waals surface area contributed by atoms with E-state index in [9.17, 15) is 18.0 Å². The number of hydrogen-bond donors (Lipinski definition) is 0. The van der Waals surface area contributed by atoms with Crippen LogP contribution in [0.4, 0.5) is 13.2 Å². The molecule has 28 heavy (non-hydrogen) atoms. The molecule has 0 amide bonds. The van der Waals surface area contributed by atoms with E-state index in [-0.39, 0.29) is 23.8 Å². The van der Waals surface area contributed by atoms with Gasteiger partial charge in [-0.25, -0.2) is 9.48 Å². The predicted octanol–water partition coefficient (Wildman–Crippen LogP) is 3.43. The van der Waals surface area contributed by atoms with Crippen molar-refractivity contribution in [3.05, 3.63) is 58.5 Å². The van der Waals surface area contributed by atoms with Crippen LogP contribution in [-0.4, -0.2) is 25.9 Å². The molecule has 0 bridgehead atoms. The van der Waals surface area contributed by atoms with Gasteiger partial charge in [0.1, 0.15) is 0 Å². The van der Waals surface area contributed by atoms with Crippen molar-refractivity contribution in [2.24, 2.45) is 0 Å². The maximum Gasteiger partial charge on any atom is 0.416 e. The second kappa shape index (κ2) is 6.77. The Labute approximate surface area is 157 Å². The molecular formula is C18H15F3N4O3. The van der Waals surface area contributed by atoms with Crippen molar-refractivity contribution in [2.45, 2.75) is 39.0 Å². The summed E-state index contributed by atoms with van der Waals surface area (Å²) in [6.45, 7) is 1.43. The second-order valence-corrected chi connectivity index (χ2v) is 6.39. The molecule has 4 rings (SSSR count). The SMILES string of the molecule is Cc1nc(COC(=O)c2nn(-c3cccc(C(F)(F)F)c3)c3c2CCC3)no1. The lowest BCUT2D eigenvalue weighted by molar-refractivity contribution is -0.137. The summed E-state index contributed by atoms with van der Waals surface area (Å²) in [6.07, 6.45) is -2.44. The van der Waals surface area contributed by atoms with Gasteiger partial charge in [0.2, 0.25) is 11.7 Å². The quantitative estimate of drug-likeness (QED) is 0.633. The topological polar surface area (TPSA) is 83.0 Å². The first-order valence-corrected chi connectivity index (χ1v) is 8.57. The number of hydrogen-bond acceptors (Lipinski definition) is 6. The van der Waals surface area contributed by atoms with Gasteiger partial charge in [0.05, 0.1) is 11.3 Å². The van der Waals surface area contributed by atoms with E-state index in [0.29, 0.717) is 24.3 Å². The summed E-state index contributed by atoms with van der Waals surface area (Å²) in [5.74, 6) is -0.105. The molecule has 0 saturated carbocycles. The van der Waals surface area contributed by atoms with Crippen molar-refractivity contribution in [1.82, 2.24) is 19.9 Å². The maximum atomic E-state index is 13.0. The highest BCUT2D eigenvalue weighted by atomic mass is 19.4. The van der Waals surface area contributed by atoms with Crippen LogP contribution in [0.15, 0.2) is 28.8 Å². The fraction of sp³-hybridized carbons (Fsp3) is 0.333. The van der Waals surface area contributed by atoms with E-state index in [1.807, 2.05) is 0 Å². The van der Waals surface area contributed by atoms with E-state index >= 15 is 0 Å². The minimum atomic E-state index is -4.46. The van der Waals surface area contributed by atoms with Crippen LogP contribution in [0.5, 0.6) is 0 Å². The van der Waals surface area contributed by atoms with Crippen LogP contribution in [0.2, 0.25) is 0 Å². The van der Waals surface area contributed by atoms with Crippen LogP contribution in [0.3, 0.4) is 0 Å². The Balaban J connectivity index is 1.63. The van der Waals surface area contributed by atoms with Crippen LogP contribution in [0.1, 0.15) is 45.4 Å². The van der Waals surface area contributed by atoms with Crippen LogP contribution >= 0.6 is 0 Å². The van der Waals surface area contributed by atoms with Gasteiger partial charge >= 0.3 is 12.1 Å². The zero-order valence-corrected chi connectivity index (χ0v) is 14.8. The molecule has 0 atom stereocenters. The fourth-order valence-electron chi connectivity index (χ4n) is 3.23. The number of esters is 1. The Kier molecular flexibility index (Phi) is 4.40. The van der Waals surface area contributed by atoms with Gasteiger partial charge in [-0.2, -0.15) is 23.3 Å². The molecule has 3 aromatic rings. The van der Waals surface area contributed by atoms with Gasteiger partial charge in [-0.1, -0.05) is 11.2 Å². The Morgan fingerprint density at radius 1 is 1.32 bits per heavy atom. The minimum absolute atomic E-state index is 0.102. The number of aromatic nitrogens is 4. The first kappa shape index (κ1) is 18.2. The Morgan fingerprint density at radius 2 is 2.14 bits per heavy atom. The molecule has 0 spiro atoms. The van der Waals surface area contributed by atoms with Crippen LogP contribution < -0.4 is 0 Å². The molecular weight excluding hydrogens is 377 g/mol. The number of aryl methyl sites for hydroxylation is 1. The van der Waals surface area contributed by atoms with Crippen LogP contribution in [0, 0.1) is 6.92 Å². The lowest BCUT2D eigenvalue weighted by Crippen LogP contribution is -2.10. The number of fused-ring (bicyclic) bond motifs is 1. The van der Waals surface area contributed by atoms with E-state index in [2.05, 4.69) is 15.2 Å². The highest BCUT2D eigenvalue weighted by molar-refractivity contribution is 5.89. The zero-order chi connectivity index (χ0) is 19.9. The van der Waals surface area contributed by atoms with E-state index in [4.69, 9.17) is 9.26 Å². The first-order valence-electron chi connectivity index (χ1n) is 8.57. The number of ether oxygens (including phenoxy) is 1. The average molecular weight is 392 g/mol. The third-order valence-corrected chi connectivity index (χ3v) is 4.44.